The first-order chi connectivity index (χ1) is 22.1. The maximum Gasteiger partial charge on any atom is 0.131 e. The van der Waals surface area contributed by atoms with Crippen LogP contribution >= 0.6 is 0 Å². The molecule has 0 fully saturated rings. The predicted octanol–water partition coefficient (Wildman–Crippen LogP) is 11.3. The summed E-state index contributed by atoms with van der Waals surface area (Å²) in [4.78, 5) is 0. The van der Waals surface area contributed by atoms with Crippen molar-refractivity contribution in [3.63, 3.8) is 0 Å². The van der Waals surface area contributed by atoms with Gasteiger partial charge in [0.2, 0.25) is 0 Å². The molecule has 1 spiro atoms. The second kappa shape index (κ2) is 8.61. The molecule has 1 aliphatic heterocycles. The fourth-order valence-corrected chi connectivity index (χ4v) is 8.82. The van der Waals surface area contributed by atoms with E-state index in [-0.39, 0.29) is 5.41 Å². The molecule has 0 amide bonds. The van der Waals surface area contributed by atoms with Crippen molar-refractivity contribution in [2.75, 3.05) is 0 Å². The van der Waals surface area contributed by atoms with Gasteiger partial charge in [0.25, 0.3) is 0 Å². The second-order valence-electron chi connectivity index (χ2n) is 13.2. The fraction of sp³-hybridized carbons (Fsp3) is 0.0909. The molecule has 7 aromatic rings. The van der Waals surface area contributed by atoms with Gasteiger partial charge in [0.1, 0.15) is 11.5 Å². The smallest absolute Gasteiger partial charge is 0.131 e. The molecule has 1 unspecified atom stereocenters. The number of ether oxygens (including phenoxy) is 1. The highest BCUT2D eigenvalue weighted by atomic mass is 16.5. The molecular formula is C44H30O. The summed E-state index contributed by atoms with van der Waals surface area (Å²) < 4.78 is 6.47. The lowest BCUT2D eigenvalue weighted by Gasteiger charge is -2.35. The van der Waals surface area contributed by atoms with Crippen LogP contribution in [0.4, 0.5) is 0 Å². The van der Waals surface area contributed by atoms with Gasteiger partial charge in [0, 0.05) is 16.5 Å². The van der Waals surface area contributed by atoms with Crippen LogP contribution < -0.4 is 4.74 Å². The summed E-state index contributed by atoms with van der Waals surface area (Å²) in [6.45, 7) is 4.64. The van der Waals surface area contributed by atoms with Crippen molar-refractivity contribution >= 4 is 10.8 Å². The molecule has 0 saturated heterocycles. The Kier molecular flexibility index (Phi) is 4.78. The number of fused-ring (bicyclic) bond motifs is 14. The Bertz CT molecular complexity index is 2390. The summed E-state index contributed by atoms with van der Waals surface area (Å²) in [6, 6.07) is 53.9. The Morgan fingerprint density at radius 1 is 0.444 bits per heavy atom. The zero-order valence-corrected chi connectivity index (χ0v) is 25.3. The molecule has 2 aliphatic carbocycles. The summed E-state index contributed by atoms with van der Waals surface area (Å²) in [5.41, 5.74) is 15.1. The van der Waals surface area contributed by atoms with E-state index >= 15 is 0 Å². The molecule has 0 saturated carbocycles. The van der Waals surface area contributed by atoms with Crippen LogP contribution in [0.15, 0.2) is 146 Å². The molecular weight excluding hydrogens is 544 g/mol. The van der Waals surface area contributed by atoms with E-state index in [1.807, 2.05) is 0 Å². The number of hydrogen-bond acceptors (Lipinski definition) is 1. The van der Waals surface area contributed by atoms with E-state index in [1.165, 1.54) is 77.5 Å². The molecule has 1 heterocycles. The van der Waals surface area contributed by atoms with Crippen molar-refractivity contribution in [2.45, 2.75) is 24.7 Å². The maximum atomic E-state index is 6.47. The van der Waals surface area contributed by atoms with Gasteiger partial charge >= 0.3 is 0 Å². The Morgan fingerprint density at radius 3 is 1.96 bits per heavy atom. The third-order valence-corrected chi connectivity index (χ3v) is 10.7. The number of para-hydroxylation sites is 1. The van der Waals surface area contributed by atoms with E-state index < -0.39 is 5.41 Å². The van der Waals surface area contributed by atoms with Crippen molar-refractivity contribution in [1.82, 2.24) is 0 Å². The Balaban J connectivity index is 1.31. The van der Waals surface area contributed by atoms with Gasteiger partial charge in [-0.15, -0.1) is 0 Å². The van der Waals surface area contributed by atoms with Gasteiger partial charge < -0.3 is 4.74 Å². The van der Waals surface area contributed by atoms with E-state index in [4.69, 9.17) is 4.74 Å². The lowest BCUT2D eigenvalue weighted by Crippen LogP contribution is -2.27. The van der Waals surface area contributed by atoms with E-state index in [9.17, 15) is 0 Å². The Hall–Kier alpha value is -5.40. The average molecular weight is 575 g/mol. The topological polar surface area (TPSA) is 9.23 Å². The molecule has 212 valence electrons. The molecule has 1 nitrogen and oxygen atoms in total. The van der Waals surface area contributed by atoms with Crippen LogP contribution in [-0.4, -0.2) is 0 Å². The van der Waals surface area contributed by atoms with Gasteiger partial charge in [-0.1, -0.05) is 141 Å². The second-order valence-corrected chi connectivity index (χ2v) is 13.2. The number of hydrogen-bond donors (Lipinski definition) is 0. The third kappa shape index (κ3) is 3.03. The van der Waals surface area contributed by atoms with Gasteiger partial charge in [-0.25, -0.2) is 0 Å². The summed E-state index contributed by atoms with van der Waals surface area (Å²) >= 11 is 0. The average Bonchev–Trinajstić information content (AvgIpc) is 3.56. The molecule has 0 N–H and O–H groups in total. The first-order valence-corrected chi connectivity index (χ1v) is 15.9. The van der Waals surface area contributed by atoms with Gasteiger partial charge in [0.05, 0.1) is 5.41 Å². The van der Waals surface area contributed by atoms with Gasteiger partial charge in [-0.2, -0.15) is 0 Å². The molecule has 1 atom stereocenters. The van der Waals surface area contributed by atoms with E-state index in [2.05, 4.69) is 159 Å². The predicted molar refractivity (Wildman–Crippen MR) is 184 cm³/mol. The minimum Gasteiger partial charge on any atom is -0.457 e. The van der Waals surface area contributed by atoms with Crippen LogP contribution in [0.25, 0.3) is 44.2 Å². The van der Waals surface area contributed by atoms with Crippen LogP contribution in [0.5, 0.6) is 11.5 Å². The zero-order chi connectivity index (χ0) is 29.9. The summed E-state index contributed by atoms with van der Waals surface area (Å²) in [5.74, 6) is 1.89. The minimum absolute atomic E-state index is 0.190. The standard InChI is InChI=1S/C44H30O/c1-43(2)36-20-9-10-21-39(36)45-40-25-23-28(26-38(40)43)30-16-11-17-32-31-14-5-7-18-34(31)44(42(30)32)35-19-8-6-15-33(35)41-29-13-4-3-12-27(29)22-24-37(41)44/h3-26H,1-2H3. The quantitative estimate of drug-likeness (QED) is 0.189. The SMILES string of the molecule is CC1(C)c2ccccc2Oc2ccc(-c3cccc4c3C3(c5ccccc5-4)c4ccccc4-c4c3ccc3ccccc43)cc21. The normalized spacial score (nSPS) is 17.6. The van der Waals surface area contributed by atoms with E-state index in [0.29, 0.717) is 0 Å². The summed E-state index contributed by atoms with van der Waals surface area (Å²) in [5, 5.41) is 2.59. The highest BCUT2D eigenvalue weighted by Gasteiger charge is 2.53. The number of rotatable bonds is 1. The van der Waals surface area contributed by atoms with Crippen molar-refractivity contribution in [2.24, 2.45) is 0 Å². The lowest BCUT2D eigenvalue weighted by molar-refractivity contribution is 0.418. The molecule has 7 aromatic carbocycles. The Morgan fingerprint density at radius 2 is 1.09 bits per heavy atom. The van der Waals surface area contributed by atoms with Crippen LogP contribution in [0.1, 0.15) is 47.2 Å². The van der Waals surface area contributed by atoms with Crippen LogP contribution in [0.2, 0.25) is 0 Å². The zero-order valence-electron chi connectivity index (χ0n) is 25.3. The molecule has 0 radical (unpaired) electrons. The molecule has 0 bridgehead atoms. The minimum atomic E-state index is -0.424. The van der Waals surface area contributed by atoms with Crippen LogP contribution in [-0.2, 0) is 10.8 Å². The largest absolute Gasteiger partial charge is 0.457 e. The maximum absolute atomic E-state index is 6.47. The highest BCUT2D eigenvalue weighted by Crippen LogP contribution is 2.65. The molecule has 10 rings (SSSR count). The van der Waals surface area contributed by atoms with E-state index in [0.717, 1.165) is 11.5 Å². The van der Waals surface area contributed by atoms with Crippen LogP contribution in [0.3, 0.4) is 0 Å². The third-order valence-electron chi connectivity index (χ3n) is 10.7. The monoisotopic (exact) mass is 574 g/mol. The lowest BCUT2D eigenvalue weighted by atomic mass is 9.68. The van der Waals surface area contributed by atoms with Crippen molar-refractivity contribution in [3.05, 3.63) is 179 Å². The van der Waals surface area contributed by atoms with Crippen molar-refractivity contribution in [3.8, 4) is 44.9 Å². The van der Waals surface area contributed by atoms with Gasteiger partial charge in [0.15, 0.2) is 0 Å². The molecule has 3 aliphatic rings. The van der Waals surface area contributed by atoms with Crippen molar-refractivity contribution < 1.29 is 4.74 Å². The highest BCUT2D eigenvalue weighted by molar-refractivity contribution is 6.07. The van der Waals surface area contributed by atoms with Crippen LogP contribution in [0, 0.1) is 0 Å². The first-order valence-electron chi connectivity index (χ1n) is 15.9. The number of benzene rings is 7. The first kappa shape index (κ1) is 25.0. The summed E-state index contributed by atoms with van der Waals surface area (Å²) in [7, 11) is 0. The van der Waals surface area contributed by atoms with Gasteiger partial charge in [-0.05, 0) is 84.6 Å². The Labute approximate surface area is 263 Å². The molecule has 1 heteroatoms. The van der Waals surface area contributed by atoms with Crippen molar-refractivity contribution in [1.29, 1.82) is 0 Å². The fourth-order valence-electron chi connectivity index (χ4n) is 8.82. The van der Waals surface area contributed by atoms with E-state index in [1.54, 1.807) is 0 Å². The summed E-state index contributed by atoms with van der Waals surface area (Å²) in [6.07, 6.45) is 0. The van der Waals surface area contributed by atoms with Gasteiger partial charge in [-0.3, -0.25) is 0 Å². The molecule has 45 heavy (non-hydrogen) atoms. The molecule has 0 aromatic heterocycles.